The van der Waals surface area contributed by atoms with Crippen molar-refractivity contribution in [3.8, 4) is 0 Å². The van der Waals surface area contributed by atoms with Gasteiger partial charge < -0.3 is 0 Å². The third kappa shape index (κ3) is 3.29. The fraction of sp³-hybridized carbons (Fsp3) is 0.400. The summed E-state index contributed by atoms with van der Waals surface area (Å²) in [6, 6.07) is 3.42. The molecule has 0 N–H and O–H groups in total. The smallest absolute Gasteiger partial charge is 0.196 e. The molecule has 8 heteroatoms. The fourth-order valence-electron chi connectivity index (χ4n) is 3.67. The van der Waals surface area contributed by atoms with Gasteiger partial charge in [0.2, 0.25) is 0 Å². The van der Waals surface area contributed by atoms with E-state index in [-0.39, 0.29) is 11.6 Å². The van der Waals surface area contributed by atoms with Crippen LogP contribution in [0.25, 0.3) is 11.0 Å². The molecule has 0 aliphatic heterocycles. The number of benzene rings is 1. The molecule has 0 amide bonds. The summed E-state index contributed by atoms with van der Waals surface area (Å²) in [6.07, 6.45) is 4.60. The van der Waals surface area contributed by atoms with E-state index in [1.54, 1.807) is 16.9 Å². The predicted octanol–water partition coefficient (Wildman–Crippen LogP) is 6.01. The highest BCUT2D eigenvalue weighted by molar-refractivity contribution is 9.12. The molecule has 146 valence electrons. The molecule has 1 aromatic carbocycles. The van der Waals surface area contributed by atoms with Crippen LogP contribution in [0.3, 0.4) is 0 Å². The van der Waals surface area contributed by atoms with Crippen LogP contribution < -0.4 is 0 Å². The number of nitrogens with zero attached hydrogens (tertiary/aromatic N) is 3. The Kier molecular flexibility index (Phi) is 5.55. The summed E-state index contributed by atoms with van der Waals surface area (Å²) in [7, 11) is 0. The Bertz CT molecular complexity index is 1030. The quantitative estimate of drug-likeness (QED) is 0.310. The van der Waals surface area contributed by atoms with Crippen LogP contribution in [0.2, 0.25) is 0 Å². The molecule has 0 saturated carbocycles. The van der Waals surface area contributed by atoms with E-state index < -0.39 is 0 Å². The molecule has 2 aromatic heterocycles. The van der Waals surface area contributed by atoms with E-state index in [0.717, 1.165) is 19.4 Å². The number of carbonyl (C=O) groups excluding carboxylic acids is 2. The van der Waals surface area contributed by atoms with Crippen molar-refractivity contribution < 1.29 is 9.59 Å². The van der Waals surface area contributed by atoms with Crippen molar-refractivity contribution in [2.45, 2.75) is 46.1 Å². The molecule has 0 spiro atoms. The van der Waals surface area contributed by atoms with E-state index in [9.17, 15) is 9.59 Å². The van der Waals surface area contributed by atoms with E-state index in [2.05, 4.69) is 55.9 Å². The molecule has 3 aromatic rings. The van der Waals surface area contributed by atoms with Gasteiger partial charge in [0.1, 0.15) is 11.0 Å². The number of halogens is 2. The molecule has 0 fully saturated rings. The number of hydrogen-bond donors (Lipinski definition) is 0. The minimum absolute atomic E-state index is 0.149. The monoisotopic (exact) mass is 523 g/mol. The van der Waals surface area contributed by atoms with Gasteiger partial charge in [-0.3, -0.25) is 9.59 Å². The lowest BCUT2D eigenvalue weighted by molar-refractivity contribution is 0.0979. The van der Waals surface area contributed by atoms with Gasteiger partial charge in [0.15, 0.2) is 11.6 Å². The molecule has 1 aliphatic carbocycles. The maximum atomic E-state index is 13.0. The molecule has 0 bridgehead atoms. The third-order valence-electron chi connectivity index (χ3n) is 5.29. The zero-order valence-corrected chi connectivity index (χ0v) is 19.6. The van der Waals surface area contributed by atoms with Gasteiger partial charge in [-0.05, 0) is 56.3 Å². The zero-order valence-electron chi connectivity index (χ0n) is 15.6. The summed E-state index contributed by atoms with van der Waals surface area (Å²) in [6.45, 7) is 5.14. The largest absolute Gasteiger partial charge is 0.288 e. The van der Waals surface area contributed by atoms with Crippen molar-refractivity contribution in [2.24, 2.45) is 5.92 Å². The number of hydrogen-bond acceptors (Lipinski definition) is 5. The molecular formula is C20H19Br2N3O2S. The molecular weight excluding hydrogens is 506 g/mol. The first-order valence-corrected chi connectivity index (χ1v) is 11.8. The minimum Gasteiger partial charge on any atom is -0.288 e. The van der Waals surface area contributed by atoms with Gasteiger partial charge >= 0.3 is 0 Å². The highest BCUT2D eigenvalue weighted by Gasteiger charge is 2.36. The van der Waals surface area contributed by atoms with E-state index in [1.807, 2.05) is 0 Å². The van der Waals surface area contributed by atoms with Gasteiger partial charge in [-0.25, -0.2) is 0 Å². The topological polar surface area (TPSA) is 64.8 Å². The Balaban J connectivity index is 1.74. The van der Waals surface area contributed by atoms with E-state index in [4.69, 9.17) is 0 Å². The maximum Gasteiger partial charge on any atom is 0.196 e. The van der Waals surface area contributed by atoms with E-state index in [0.29, 0.717) is 46.8 Å². The lowest BCUT2D eigenvalue weighted by Crippen LogP contribution is -2.20. The average molecular weight is 525 g/mol. The number of thiophene rings is 1. The first kappa shape index (κ1) is 19.9. The number of ketones is 2. The predicted molar refractivity (Wildman–Crippen MR) is 117 cm³/mol. The normalized spacial score (nSPS) is 14.4. The van der Waals surface area contributed by atoms with Crippen molar-refractivity contribution in [1.29, 1.82) is 0 Å². The summed E-state index contributed by atoms with van der Waals surface area (Å²) in [5.74, 6) is 0.228. The Morgan fingerprint density at radius 3 is 2.00 bits per heavy atom. The van der Waals surface area contributed by atoms with Crippen LogP contribution in [0, 0.1) is 5.92 Å². The Hall–Kier alpha value is -1.38. The van der Waals surface area contributed by atoms with Gasteiger partial charge in [-0.1, -0.05) is 33.1 Å². The summed E-state index contributed by atoms with van der Waals surface area (Å²) < 4.78 is 1.34. The lowest BCUT2D eigenvalue weighted by Gasteiger charge is -2.14. The van der Waals surface area contributed by atoms with Crippen LogP contribution in [0.5, 0.6) is 0 Å². The van der Waals surface area contributed by atoms with Crippen molar-refractivity contribution in [1.82, 2.24) is 15.0 Å². The van der Waals surface area contributed by atoms with Crippen LogP contribution in [0.1, 0.15) is 71.4 Å². The third-order valence-corrected chi connectivity index (χ3v) is 7.82. The van der Waals surface area contributed by atoms with Crippen LogP contribution in [0.4, 0.5) is 0 Å². The van der Waals surface area contributed by atoms with Crippen LogP contribution in [-0.2, 0) is 6.54 Å². The van der Waals surface area contributed by atoms with Gasteiger partial charge in [-0.15, -0.1) is 11.3 Å². The molecule has 0 radical (unpaired) electrons. The summed E-state index contributed by atoms with van der Waals surface area (Å²) in [5.41, 5.74) is 2.99. The Labute approximate surface area is 183 Å². The summed E-state index contributed by atoms with van der Waals surface area (Å²) in [5, 5.41) is 9.17. The molecule has 1 aliphatic rings. The summed E-state index contributed by atoms with van der Waals surface area (Å²) >= 11 is 8.17. The SMILES string of the molecule is CCCCC(CC)Cn1nc2cc3c(cc2n1)C(=O)c1c(Br)sc(Br)c1C3=O. The van der Waals surface area contributed by atoms with Crippen molar-refractivity contribution in [3.05, 3.63) is 42.0 Å². The van der Waals surface area contributed by atoms with Gasteiger partial charge in [0, 0.05) is 11.1 Å². The first-order valence-electron chi connectivity index (χ1n) is 9.40. The number of unbranched alkanes of at least 4 members (excludes halogenated alkanes) is 1. The molecule has 5 nitrogen and oxygen atoms in total. The average Bonchev–Trinajstić information content (AvgIpc) is 3.20. The summed E-state index contributed by atoms with van der Waals surface area (Å²) in [4.78, 5) is 27.8. The van der Waals surface area contributed by atoms with Crippen molar-refractivity contribution in [2.75, 3.05) is 0 Å². The Morgan fingerprint density at radius 2 is 1.54 bits per heavy atom. The Morgan fingerprint density at radius 1 is 1.00 bits per heavy atom. The number of fused-ring (bicyclic) bond motifs is 3. The van der Waals surface area contributed by atoms with Crippen LogP contribution in [0.15, 0.2) is 19.7 Å². The second-order valence-corrected chi connectivity index (χ2v) is 10.8. The maximum absolute atomic E-state index is 13.0. The molecule has 1 atom stereocenters. The lowest BCUT2D eigenvalue weighted by atomic mass is 9.86. The first-order chi connectivity index (χ1) is 13.4. The number of aromatic nitrogens is 3. The molecule has 0 saturated heterocycles. The van der Waals surface area contributed by atoms with Gasteiger partial charge in [-0.2, -0.15) is 15.0 Å². The molecule has 4 rings (SSSR count). The zero-order chi connectivity index (χ0) is 20.0. The van der Waals surface area contributed by atoms with E-state index >= 15 is 0 Å². The second-order valence-electron chi connectivity index (χ2n) is 7.12. The standard InChI is InChI=1S/C20H19Br2N3O2S/c1-3-5-6-10(4-2)9-25-23-13-7-11-12(8-14(13)24-25)18(27)16-15(17(11)26)19(21)28-20(16)22/h7-8,10H,3-6,9H2,1-2H3. The van der Waals surface area contributed by atoms with E-state index in [1.165, 1.54) is 24.2 Å². The number of rotatable bonds is 6. The minimum atomic E-state index is -0.149. The fourth-order valence-corrected chi connectivity index (χ4v) is 6.80. The van der Waals surface area contributed by atoms with Crippen molar-refractivity contribution in [3.63, 3.8) is 0 Å². The molecule has 28 heavy (non-hydrogen) atoms. The molecule has 2 heterocycles. The van der Waals surface area contributed by atoms with Crippen LogP contribution in [-0.4, -0.2) is 26.6 Å². The highest BCUT2D eigenvalue weighted by atomic mass is 79.9. The van der Waals surface area contributed by atoms with Gasteiger partial charge in [0.05, 0.1) is 25.2 Å². The molecule has 1 unspecified atom stereocenters. The second kappa shape index (κ2) is 7.80. The highest BCUT2D eigenvalue weighted by Crippen LogP contribution is 2.43. The number of carbonyl (C=O) groups is 2. The van der Waals surface area contributed by atoms with Crippen LogP contribution >= 0.6 is 43.2 Å². The van der Waals surface area contributed by atoms with Crippen molar-refractivity contribution >= 4 is 65.8 Å². The van der Waals surface area contributed by atoms with Gasteiger partial charge in [0.25, 0.3) is 0 Å².